The molecule has 5 nitrogen and oxygen atoms in total. The summed E-state index contributed by atoms with van der Waals surface area (Å²) in [7, 11) is 0. The van der Waals surface area contributed by atoms with E-state index in [1.54, 1.807) is 0 Å². The Balaban J connectivity index is 2.01. The van der Waals surface area contributed by atoms with Gasteiger partial charge in [0.25, 0.3) is 5.91 Å². The molecule has 0 saturated heterocycles. The van der Waals surface area contributed by atoms with E-state index in [4.69, 9.17) is 23.2 Å². The standard InChI is InChI=1S/C13H14Cl2N4OS/c1-2-3-4-5-10-18-19-13(21-10)17-12(20)11-8(14)6-7-9(15)16-11/h6-7H,2-5H2,1H3,(H,17,19,20). The van der Waals surface area contributed by atoms with Crippen LogP contribution in [0.3, 0.4) is 0 Å². The van der Waals surface area contributed by atoms with Crippen molar-refractivity contribution >= 4 is 45.6 Å². The first-order chi connectivity index (χ1) is 10.1. The Morgan fingerprint density at radius 1 is 1.29 bits per heavy atom. The topological polar surface area (TPSA) is 67.8 Å². The lowest BCUT2D eigenvalue weighted by molar-refractivity contribution is 0.102. The summed E-state index contributed by atoms with van der Waals surface area (Å²) < 4.78 is 0. The lowest BCUT2D eigenvalue weighted by Gasteiger charge is -2.02. The van der Waals surface area contributed by atoms with Crippen molar-refractivity contribution in [2.24, 2.45) is 0 Å². The zero-order valence-electron chi connectivity index (χ0n) is 11.4. The van der Waals surface area contributed by atoms with Crippen LogP contribution >= 0.6 is 34.5 Å². The molecule has 0 spiro atoms. The Bertz CT molecular complexity index is 632. The molecule has 0 atom stereocenters. The predicted molar refractivity (Wildman–Crippen MR) is 85.3 cm³/mol. The van der Waals surface area contributed by atoms with Crippen molar-refractivity contribution < 1.29 is 4.79 Å². The van der Waals surface area contributed by atoms with Gasteiger partial charge in [0, 0.05) is 6.42 Å². The molecule has 0 aliphatic heterocycles. The number of nitrogens with one attached hydrogen (secondary N) is 1. The lowest BCUT2D eigenvalue weighted by atomic mass is 10.2. The second kappa shape index (κ2) is 7.68. The van der Waals surface area contributed by atoms with Crippen LogP contribution in [0.15, 0.2) is 12.1 Å². The molecule has 0 radical (unpaired) electrons. The number of unbranched alkanes of at least 4 members (excludes halogenated alkanes) is 2. The van der Waals surface area contributed by atoms with Gasteiger partial charge in [0.05, 0.1) is 5.02 Å². The van der Waals surface area contributed by atoms with Gasteiger partial charge in [0.2, 0.25) is 5.13 Å². The molecular weight excluding hydrogens is 331 g/mol. The van der Waals surface area contributed by atoms with Crippen molar-refractivity contribution in [1.82, 2.24) is 15.2 Å². The van der Waals surface area contributed by atoms with E-state index in [0.29, 0.717) is 5.13 Å². The third-order valence-corrected chi connectivity index (χ3v) is 4.12. The van der Waals surface area contributed by atoms with E-state index in [9.17, 15) is 4.79 Å². The highest BCUT2D eigenvalue weighted by molar-refractivity contribution is 7.15. The molecule has 0 aromatic carbocycles. The van der Waals surface area contributed by atoms with Gasteiger partial charge in [-0.25, -0.2) is 4.98 Å². The third-order valence-electron chi connectivity index (χ3n) is 2.71. The van der Waals surface area contributed by atoms with Crippen LogP contribution in [-0.4, -0.2) is 21.1 Å². The SMILES string of the molecule is CCCCCc1nnc(NC(=O)c2nc(Cl)ccc2Cl)s1. The van der Waals surface area contributed by atoms with Crippen molar-refractivity contribution in [3.63, 3.8) is 0 Å². The molecule has 112 valence electrons. The molecule has 8 heteroatoms. The molecule has 1 amide bonds. The van der Waals surface area contributed by atoms with Crippen molar-refractivity contribution in [3.8, 4) is 0 Å². The number of amides is 1. The zero-order chi connectivity index (χ0) is 15.2. The first kappa shape index (κ1) is 16.1. The lowest BCUT2D eigenvalue weighted by Crippen LogP contribution is -2.14. The van der Waals surface area contributed by atoms with Gasteiger partial charge >= 0.3 is 0 Å². The fraction of sp³-hybridized carbons (Fsp3) is 0.385. The van der Waals surface area contributed by atoms with Crippen LogP contribution in [0.1, 0.15) is 41.7 Å². The molecular formula is C13H14Cl2N4OS. The van der Waals surface area contributed by atoms with Crippen molar-refractivity contribution in [2.75, 3.05) is 5.32 Å². The molecule has 0 aliphatic rings. The first-order valence-corrected chi connectivity index (χ1v) is 8.13. The Morgan fingerprint density at radius 2 is 2.10 bits per heavy atom. The molecule has 0 aliphatic carbocycles. The van der Waals surface area contributed by atoms with Crippen LogP contribution < -0.4 is 5.32 Å². The zero-order valence-corrected chi connectivity index (χ0v) is 13.7. The largest absolute Gasteiger partial charge is 0.295 e. The van der Waals surface area contributed by atoms with E-state index < -0.39 is 5.91 Å². The van der Waals surface area contributed by atoms with Crippen LogP contribution in [0.4, 0.5) is 5.13 Å². The summed E-state index contributed by atoms with van der Waals surface area (Å²) in [5.41, 5.74) is 0.0758. The number of carbonyl (C=O) groups excluding carboxylic acids is 1. The second-order valence-corrected chi connectivity index (χ2v) is 6.23. The number of carbonyl (C=O) groups is 1. The maximum Gasteiger partial charge on any atom is 0.277 e. The summed E-state index contributed by atoms with van der Waals surface area (Å²) in [5.74, 6) is -0.446. The monoisotopic (exact) mass is 344 g/mol. The number of anilines is 1. The van der Waals surface area contributed by atoms with Gasteiger partial charge in [-0.2, -0.15) is 0 Å². The highest BCUT2D eigenvalue weighted by Gasteiger charge is 2.15. The molecule has 21 heavy (non-hydrogen) atoms. The summed E-state index contributed by atoms with van der Waals surface area (Å²) in [6.45, 7) is 2.15. The summed E-state index contributed by atoms with van der Waals surface area (Å²) in [4.78, 5) is 16.0. The van der Waals surface area contributed by atoms with E-state index in [1.165, 1.54) is 23.5 Å². The molecule has 0 bridgehead atoms. The number of nitrogens with zero attached hydrogens (tertiary/aromatic N) is 3. The minimum Gasteiger partial charge on any atom is -0.295 e. The van der Waals surface area contributed by atoms with Crippen LogP contribution in [0, 0.1) is 0 Å². The summed E-state index contributed by atoms with van der Waals surface area (Å²) in [6.07, 6.45) is 4.25. The molecule has 0 fully saturated rings. The van der Waals surface area contributed by atoms with Crippen molar-refractivity contribution in [2.45, 2.75) is 32.6 Å². The molecule has 0 unspecified atom stereocenters. The summed E-state index contributed by atoms with van der Waals surface area (Å²) in [5, 5.41) is 12.4. The highest BCUT2D eigenvalue weighted by Crippen LogP contribution is 2.21. The summed E-state index contributed by atoms with van der Waals surface area (Å²) >= 11 is 13.1. The molecule has 2 aromatic heterocycles. The van der Waals surface area contributed by atoms with Gasteiger partial charge in [-0.3, -0.25) is 10.1 Å². The van der Waals surface area contributed by atoms with Gasteiger partial charge in [0.15, 0.2) is 0 Å². The van der Waals surface area contributed by atoms with Gasteiger partial charge in [-0.05, 0) is 18.6 Å². The quantitative estimate of drug-likeness (QED) is 0.629. The Hall–Kier alpha value is -1.24. The molecule has 2 aromatic rings. The number of pyridine rings is 1. The third kappa shape index (κ3) is 4.62. The van der Waals surface area contributed by atoms with Crippen LogP contribution in [0.2, 0.25) is 10.2 Å². The minimum absolute atomic E-state index is 0.0758. The molecule has 2 heterocycles. The maximum atomic E-state index is 12.1. The molecule has 0 saturated carbocycles. The van der Waals surface area contributed by atoms with Gasteiger partial charge < -0.3 is 0 Å². The van der Waals surface area contributed by atoms with Gasteiger partial charge in [-0.1, -0.05) is 54.3 Å². The fourth-order valence-corrected chi connectivity index (χ4v) is 2.78. The number of halogens is 2. The first-order valence-electron chi connectivity index (χ1n) is 6.56. The van der Waals surface area contributed by atoms with Crippen molar-refractivity contribution in [1.29, 1.82) is 0 Å². The summed E-state index contributed by atoms with van der Waals surface area (Å²) in [6, 6.07) is 3.06. The Kier molecular flexibility index (Phi) is 5.90. The van der Waals surface area contributed by atoms with Crippen molar-refractivity contribution in [3.05, 3.63) is 33.0 Å². The number of hydrogen-bond acceptors (Lipinski definition) is 5. The molecule has 1 N–H and O–H groups in total. The van der Waals surface area contributed by atoms with Crippen LogP contribution in [0.5, 0.6) is 0 Å². The number of hydrogen-bond donors (Lipinski definition) is 1. The van der Waals surface area contributed by atoms with E-state index in [0.717, 1.165) is 30.7 Å². The second-order valence-electron chi connectivity index (χ2n) is 4.38. The van der Waals surface area contributed by atoms with E-state index in [-0.39, 0.29) is 15.9 Å². The molecule has 2 rings (SSSR count). The average molecular weight is 345 g/mol. The van der Waals surface area contributed by atoms with E-state index in [2.05, 4.69) is 27.4 Å². The normalized spacial score (nSPS) is 10.6. The number of rotatable bonds is 6. The average Bonchev–Trinajstić information content (AvgIpc) is 2.89. The van der Waals surface area contributed by atoms with Gasteiger partial charge in [0.1, 0.15) is 15.9 Å². The van der Waals surface area contributed by atoms with Gasteiger partial charge in [-0.15, -0.1) is 10.2 Å². The predicted octanol–water partition coefficient (Wildman–Crippen LogP) is 4.22. The number of aryl methyl sites for hydroxylation is 1. The highest BCUT2D eigenvalue weighted by atomic mass is 35.5. The maximum absolute atomic E-state index is 12.1. The van der Waals surface area contributed by atoms with Crippen LogP contribution in [0.25, 0.3) is 0 Å². The van der Waals surface area contributed by atoms with Crippen LogP contribution in [-0.2, 0) is 6.42 Å². The van der Waals surface area contributed by atoms with E-state index >= 15 is 0 Å². The minimum atomic E-state index is -0.446. The fourth-order valence-electron chi connectivity index (χ4n) is 1.67. The number of aromatic nitrogens is 3. The van der Waals surface area contributed by atoms with E-state index in [1.807, 2.05) is 0 Å². The Morgan fingerprint density at radius 3 is 2.86 bits per heavy atom. The Labute approximate surface area is 136 Å². The smallest absolute Gasteiger partial charge is 0.277 e.